The summed E-state index contributed by atoms with van der Waals surface area (Å²) in [5.74, 6) is -0.797. The summed E-state index contributed by atoms with van der Waals surface area (Å²) in [6, 6.07) is 12.0. The molecule has 2 aromatic carbocycles. The lowest BCUT2D eigenvalue weighted by Crippen LogP contribution is -2.47. The van der Waals surface area contributed by atoms with E-state index in [0.29, 0.717) is 23.5 Å². The second kappa shape index (κ2) is 9.32. The van der Waals surface area contributed by atoms with E-state index >= 15 is 0 Å². The molecule has 1 aliphatic rings. The van der Waals surface area contributed by atoms with Gasteiger partial charge in [0.2, 0.25) is 12.7 Å². The van der Waals surface area contributed by atoms with Crippen molar-refractivity contribution in [1.82, 2.24) is 10.3 Å². The van der Waals surface area contributed by atoms with Gasteiger partial charge in [-0.2, -0.15) is 0 Å². The number of carbonyl (C=O) groups is 2. The maximum Gasteiger partial charge on any atom is 0.328 e. The fraction of sp³-hybridized carbons (Fsp3) is 0.333. The first kappa shape index (κ1) is 21.7. The van der Waals surface area contributed by atoms with Gasteiger partial charge < -0.3 is 29.6 Å². The largest absolute Gasteiger partial charge is 0.467 e. The number of hydrogen-bond acceptors (Lipinski definition) is 6. The summed E-state index contributed by atoms with van der Waals surface area (Å²) in [6.45, 7) is 1.91. The van der Waals surface area contributed by atoms with Gasteiger partial charge >= 0.3 is 5.97 Å². The normalized spacial score (nSPS) is 15.2. The van der Waals surface area contributed by atoms with Crippen LogP contribution < -0.4 is 14.8 Å². The molecule has 1 amide bonds. The Labute approximate surface area is 185 Å². The molecule has 2 heterocycles. The number of fused-ring (bicyclic) bond motifs is 2. The number of amides is 1. The van der Waals surface area contributed by atoms with Crippen LogP contribution in [-0.2, 0) is 20.7 Å². The number of methoxy groups -OCH3 is 1. The SMILES string of the molecule is CCC(O)C(C(=O)N[C@@H](Cc1c[nH]c2ccccc12)C(=O)OC)c1ccc2c(c1)OCO2. The molecule has 0 spiro atoms. The van der Waals surface area contributed by atoms with E-state index in [2.05, 4.69) is 10.3 Å². The fourth-order valence-electron chi connectivity index (χ4n) is 4.01. The molecule has 0 saturated carbocycles. The van der Waals surface area contributed by atoms with E-state index in [-0.39, 0.29) is 13.2 Å². The number of benzene rings is 2. The summed E-state index contributed by atoms with van der Waals surface area (Å²) < 4.78 is 15.7. The van der Waals surface area contributed by atoms with Gasteiger partial charge in [0, 0.05) is 23.5 Å². The Morgan fingerprint density at radius 1 is 1.19 bits per heavy atom. The van der Waals surface area contributed by atoms with Gasteiger partial charge in [0.15, 0.2) is 11.5 Å². The second-order valence-electron chi connectivity index (χ2n) is 7.71. The first-order valence-electron chi connectivity index (χ1n) is 10.5. The third-order valence-electron chi connectivity index (χ3n) is 5.74. The van der Waals surface area contributed by atoms with E-state index < -0.39 is 29.9 Å². The number of carbonyl (C=O) groups excluding carboxylic acids is 2. The highest BCUT2D eigenvalue weighted by Crippen LogP contribution is 2.36. The molecule has 1 aliphatic heterocycles. The minimum Gasteiger partial charge on any atom is -0.467 e. The predicted octanol–water partition coefficient (Wildman–Crippen LogP) is 2.65. The van der Waals surface area contributed by atoms with Crippen LogP contribution in [0.2, 0.25) is 0 Å². The summed E-state index contributed by atoms with van der Waals surface area (Å²) in [4.78, 5) is 29.0. The molecule has 32 heavy (non-hydrogen) atoms. The zero-order valence-electron chi connectivity index (χ0n) is 18.0. The Bertz CT molecular complexity index is 1120. The molecule has 0 aliphatic carbocycles. The number of nitrogens with one attached hydrogen (secondary N) is 2. The average molecular weight is 438 g/mol. The zero-order valence-corrected chi connectivity index (χ0v) is 18.0. The van der Waals surface area contributed by atoms with Crippen LogP contribution in [0.25, 0.3) is 10.9 Å². The number of ether oxygens (including phenoxy) is 3. The van der Waals surface area contributed by atoms with Gasteiger partial charge in [-0.1, -0.05) is 31.2 Å². The number of para-hydroxylation sites is 1. The Hall–Kier alpha value is -3.52. The van der Waals surface area contributed by atoms with Crippen molar-refractivity contribution < 1.29 is 28.9 Å². The highest BCUT2D eigenvalue weighted by atomic mass is 16.7. The highest BCUT2D eigenvalue weighted by Gasteiger charge is 2.33. The highest BCUT2D eigenvalue weighted by molar-refractivity contribution is 5.90. The van der Waals surface area contributed by atoms with E-state index in [1.54, 1.807) is 25.1 Å². The third-order valence-corrected chi connectivity index (χ3v) is 5.74. The molecule has 8 heteroatoms. The number of H-pyrrole nitrogens is 1. The number of aliphatic hydroxyl groups is 1. The van der Waals surface area contributed by atoms with Crippen LogP contribution in [0.1, 0.15) is 30.4 Å². The molecule has 168 valence electrons. The molecular weight excluding hydrogens is 412 g/mol. The Kier molecular flexibility index (Phi) is 6.32. The summed E-state index contributed by atoms with van der Waals surface area (Å²) in [7, 11) is 1.28. The maximum absolute atomic E-state index is 13.3. The van der Waals surface area contributed by atoms with Crippen molar-refractivity contribution in [3.8, 4) is 11.5 Å². The van der Waals surface area contributed by atoms with Gasteiger partial charge in [0.1, 0.15) is 6.04 Å². The number of hydrogen-bond donors (Lipinski definition) is 3. The van der Waals surface area contributed by atoms with Crippen molar-refractivity contribution in [1.29, 1.82) is 0 Å². The molecule has 3 N–H and O–H groups in total. The predicted molar refractivity (Wildman–Crippen MR) is 118 cm³/mol. The lowest BCUT2D eigenvalue weighted by molar-refractivity contribution is -0.145. The molecule has 1 aromatic heterocycles. The molecule has 0 fully saturated rings. The number of aromatic nitrogens is 1. The summed E-state index contributed by atoms with van der Waals surface area (Å²) in [5.41, 5.74) is 2.40. The second-order valence-corrected chi connectivity index (χ2v) is 7.71. The van der Waals surface area contributed by atoms with E-state index in [4.69, 9.17) is 14.2 Å². The van der Waals surface area contributed by atoms with Crippen molar-refractivity contribution in [2.45, 2.75) is 37.8 Å². The minimum atomic E-state index is -0.943. The molecule has 0 bridgehead atoms. The van der Waals surface area contributed by atoms with Gasteiger partial charge in [-0.15, -0.1) is 0 Å². The maximum atomic E-state index is 13.3. The molecule has 3 aromatic rings. The lowest BCUT2D eigenvalue weighted by atomic mass is 9.90. The number of aliphatic hydroxyl groups excluding tert-OH is 1. The van der Waals surface area contributed by atoms with Gasteiger partial charge in [0.05, 0.1) is 19.1 Å². The van der Waals surface area contributed by atoms with Crippen LogP contribution in [0.15, 0.2) is 48.7 Å². The van der Waals surface area contributed by atoms with Crippen molar-refractivity contribution in [3.05, 3.63) is 59.8 Å². The average Bonchev–Trinajstić information content (AvgIpc) is 3.45. The van der Waals surface area contributed by atoms with E-state index in [1.807, 2.05) is 30.5 Å². The molecule has 0 saturated heterocycles. The van der Waals surface area contributed by atoms with Crippen LogP contribution in [0.4, 0.5) is 0 Å². The van der Waals surface area contributed by atoms with Gasteiger partial charge in [0.25, 0.3) is 0 Å². The Morgan fingerprint density at radius 2 is 1.97 bits per heavy atom. The van der Waals surface area contributed by atoms with Crippen molar-refractivity contribution >= 4 is 22.8 Å². The number of rotatable bonds is 8. The number of aromatic amines is 1. The van der Waals surface area contributed by atoms with Crippen LogP contribution in [0.3, 0.4) is 0 Å². The van der Waals surface area contributed by atoms with Crippen molar-refractivity contribution in [3.63, 3.8) is 0 Å². The molecule has 2 unspecified atom stereocenters. The smallest absolute Gasteiger partial charge is 0.328 e. The molecular formula is C24H26N2O6. The fourth-order valence-corrected chi connectivity index (χ4v) is 4.01. The molecule has 0 radical (unpaired) electrons. The first-order valence-corrected chi connectivity index (χ1v) is 10.5. The molecule has 8 nitrogen and oxygen atoms in total. The van der Waals surface area contributed by atoms with Crippen LogP contribution in [0, 0.1) is 0 Å². The Morgan fingerprint density at radius 3 is 2.75 bits per heavy atom. The zero-order chi connectivity index (χ0) is 22.7. The quantitative estimate of drug-likeness (QED) is 0.467. The lowest BCUT2D eigenvalue weighted by Gasteiger charge is -2.25. The topological polar surface area (TPSA) is 110 Å². The standard InChI is InChI=1S/C24H26N2O6/c1-3-19(27)22(14-8-9-20-21(11-14)32-13-31-20)23(28)26-18(24(29)30-2)10-15-12-25-17-7-5-4-6-16(15)17/h4-9,11-12,18-19,22,25,27H,3,10,13H2,1-2H3,(H,26,28)/t18-,19?,22?/m0/s1. The van der Waals surface area contributed by atoms with Crippen LogP contribution in [0.5, 0.6) is 11.5 Å². The van der Waals surface area contributed by atoms with Gasteiger partial charge in [-0.05, 0) is 35.7 Å². The van der Waals surface area contributed by atoms with E-state index in [9.17, 15) is 14.7 Å². The number of esters is 1. The first-order chi connectivity index (χ1) is 15.5. The minimum absolute atomic E-state index is 0.112. The van der Waals surface area contributed by atoms with Gasteiger partial charge in [-0.25, -0.2) is 4.79 Å². The molecule has 3 atom stereocenters. The third kappa shape index (κ3) is 4.27. The molecule has 4 rings (SSSR count). The van der Waals surface area contributed by atoms with E-state index in [0.717, 1.165) is 16.5 Å². The van der Waals surface area contributed by atoms with Crippen molar-refractivity contribution in [2.24, 2.45) is 0 Å². The summed E-state index contributed by atoms with van der Waals surface area (Å²) in [5, 5.41) is 14.4. The summed E-state index contributed by atoms with van der Waals surface area (Å²) in [6.07, 6.45) is 1.49. The van der Waals surface area contributed by atoms with Crippen LogP contribution >= 0.6 is 0 Å². The monoisotopic (exact) mass is 438 g/mol. The van der Waals surface area contributed by atoms with Crippen LogP contribution in [-0.4, -0.2) is 48.0 Å². The Balaban J connectivity index is 1.59. The van der Waals surface area contributed by atoms with E-state index in [1.165, 1.54) is 7.11 Å². The summed E-state index contributed by atoms with van der Waals surface area (Å²) >= 11 is 0. The van der Waals surface area contributed by atoms with Crippen molar-refractivity contribution in [2.75, 3.05) is 13.9 Å². The van der Waals surface area contributed by atoms with Gasteiger partial charge in [-0.3, -0.25) is 4.79 Å².